The summed E-state index contributed by atoms with van der Waals surface area (Å²) in [6.07, 6.45) is 6.69. The predicted octanol–water partition coefficient (Wildman–Crippen LogP) is 0.796. The van der Waals surface area contributed by atoms with Crippen LogP contribution < -0.4 is 5.32 Å². The first kappa shape index (κ1) is 9.11. The lowest BCUT2D eigenvalue weighted by atomic mass is 10.5. The van der Waals surface area contributed by atoms with Gasteiger partial charge in [-0.1, -0.05) is 17.5 Å². The molecule has 0 amide bonds. The van der Waals surface area contributed by atoms with Crippen LogP contribution in [0.15, 0.2) is 6.20 Å². The lowest BCUT2D eigenvalue weighted by Crippen LogP contribution is -2.16. The highest BCUT2D eigenvalue weighted by Gasteiger charge is 2.01. The van der Waals surface area contributed by atoms with Gasteiger partial charge in [0.05, 0.1) is 19.3 Å². The molecule has 4 heteroatoms. The molecule has 0 saturated heterocycles. The van der Waals surface area contributed by atoms with E-state index in [4.69, 9.17) is 18.0 Å². The normalized spacial score (nSPS) is 9.75. The number of halogens is 1. The number of terminal acetylenes is 1. The molecule has 1 aromatic heterocycles. The third-order valence-corrected chi connectivity index (χ3v) is 1.89. The van der Waals surface area contributed by atoms with Gasteiger partial charge in [0, 0.05) is 7.05 Å². The molecule has 0 atom stereocenters. The number of hydrogen-bond donors (Lipinski definition) is 1. The summed E-state index contributed by atoms with van der Waals surface area (Å²) in [5.74, 6) is 3.37. The second kappa shape index (κ2) is 4.15. The number of aromatic nitrogens is 2. The number of hydrogen-bond acceptors (Lipinski definition) is 2. The molecule has 64 valence electrons. The Morgan fingerprint density at radius 3 is 3.08 bits per heavy atom. The first-order valence-electron chi connectivity index (χ1n) is 3.56. The van der Waals surface area contributed by atoms with Crippen molar-refractivity contribution in [3.8, 4) is 12.3 Å². The third kappa shape index (κ3) is 2.00. The molecule has 1 N–H and O–H groups in total. The molecule has 0 aliphatic heterocycles. The molecule has 1 aromatic rings. The average molecular weight is 184 g/mol. The highest BCUT2D eigenvalue weighted by molar-refractivity contribution is 6.29. The molecule has 1 heterocycles. The third-order valence-electron chi connectivity index (χ3n) is 1.54. The van der Waals surface area contributed by atoms with Gasteiger partial charge in [0.2, 0.25) is 0 Å². The van der Waals surface area contributed by atoms with E-state index < -0.39 is 0 Å². The van der Waals surface area contributed by atoms with Crippen LogP contribution in [-0.4, -0.2) is 16.1 Å². The fourth-order valence-electron chi connectivity index (χ4n) is 0.835. The predicted molar refractivity (Wildman–Crippen MR) is 48.8 cm³/mol. The van der Waals surface area contributed by atoms with Crippen molar-refractivity contribution >= 4 is 11.6 Å². The summed E-state index contributed by atoms with van der Waals surface area (Å²) in [4.78, 5) is 4.09. The molecule has 0 aliphatic carbocycles. The van der Waals surface area contributed by atoms with Crippen molar-refractivity contribution < 1.29 is 0 Å². The monoisotopic (exact) mass is 183 g/mol. The van der Waals surface area contributed by atoms with Gasteiger partial charge in [0.1, 0.15) is 11.0 Å². The standard InChI is InChI=1S/C8H10ClN3/c1-3-4-10-6-8-11-5-7(9)12(8)2/h1,5,10H,4,6H2,2H3. The van der Waals surface area contributed by atoms with E-state index in [-0.39, 0.29) is 0 Å². The minimum Gasteiger partial charge on any atom is -0.321 e. The van der Waals surface area contributed by atoms with Gasteiger partial charge < -0.3 is 4.57 Å². The van der Waals surface area contributed by atoms with Gasteiger partial charge in [0.25, 0.3) is 0 Å². The molecule has 1 rings (SSSR count). The Balaban J connectivity index is 2.53. The molecule has 0 spiro atoms. The van der Waals surface area contributed by atoms with Gasteiger partial charge in [-0.3, -0.25) is 5.32 Å². The van der Waals surface area contributed by atoms with Gasteiger partial charge >= 0.3 is 0 Å². The maximum Gasteiger partial charge on any atom is 0.128 e. The minimum absolute atomic E-state index is 0.546. The van der Waals surface area contributed by atoms with Crippen LogP contribution in [0.2, 0.25) is 5.15 Å². The van der Waals surface area contributed by atoms with Gasteiger partial charge in [-0.25, -0.2) is 4.98 Å². The van der Waals surface area contributed by atoms with Crippen molar-refractivity contribution in [1.29, 1.82) is 0 Å². The Morgan fingerprint density at radius 1 is 1.83 bits per heavy atom. The van der Waals surface area contributed by atoms with Gasteiger partial charge in [0.15, 0.2) is 0 Å². The van der Waals surface area contributed by atoms with Crippen molar-refractivity contribution in [2.75, 3.05) is 6.54 Å². The van der Waals surface area contributed by atoms with Crippen molar-refractivity contribution in [3.05, 3.63) is 17.2 Å². The van der Waals surface area contributed by atoms with Crippen LogP contribution in [0.4, 0.5) is 0 Å². The summed E-state index contributed by atoms with van der Waals surface area (Å²) in [5, 5.41) is 3.66. The fourth-order valence-corrected chi connectivity index (χ4v) is 0.981. The van der Waals surface area contributed by atoms with Crippen LogP contribution in [0.3, 0.4) is 0 Å². The highest BCUT2D eigenvalue weighted by atomic mass is 35.5. The van der Waals surface area contributed by atoms with Gasteiger partial charge in [-0.2, -0.15) is 0 Å². The van der Waals surface area contributed by atoms with Crippen LogP contribution in [0.25, 0.3) is 0 Å². The first-order valence-corrected chi connectivity index (χ1v) is 3.93. The van der Waals surface area contributed by atoms with E-state index in [9.17, 15) is 0 Å². The van der Waals surface area contributed by atoms with Gasteiger partial charge in [-0.15, -0.1) is 6.42 Å². The second-order valence-corrected chi connectivity index (χ2v) is 2.75. The Morgan fingerprint density at radius 2 is 2.58 bits per heavy atom. The molecule has 0 bridgehead atoms. The average Bonchev–Trinajstić information content (AvgIpc) is 2.36. The maximum absolute atomic E-state index is 5.77. The molecular formula is C8H10ClN3. The SMILES string of the molecule is C#CCNCc1ncc(Cl)n1C. The number of nitrogens with zero attached hydrogens (tertiary/aromatic N) is 2. The summed E-state index contributed by atoms with van der Waals surface area (Å²) in [6.45, 7) is 1.19. The Kier molecular flexibility index (Phi) is 3.15. The topological polar surface area (TPSA) is 29.9 Å². The molecule has 0 radical (unpaired) electrons. The summed E-state index contributed by atoms with van der Waals surface area (Å²) < 4.78 is 1.81. The molecular weight excluding hydrogens is 174 g/mol. The first-order chi connectivity index (χ1) is 5.75. The van der Waals surface area contributed by atoms with Crippen LogP contribution >= 0.6 is 11.6 Å². The Hall–Kier alpha value is -0.980. The van der Waals surface area contributed by atoms with Crippen LogP contribution in [-0.2, 0) is 13.6 Å². The lowest BCUT2D eigenvalue weighted by Gasteiger charge is -2.01. The smallest absolute Gasteiger partial charge is 0.128 e. The molecule has 0 unspecified atom stereocenters. The molecule has 0 aromatic carbocycles. The minimum atomic E-state index is 0.546. The zero-order valence-corrected chi connectivity index (χ0v) is 7.60. The quantitative estimate of drug-likeness (QED) is 0.555. The molecule has 0 fully saturated rings. The zero-order valence-electron chi connectivity index (χ0n) is 6.84. The maximum atomic E-state index is 5.77. The number of nitrogens with one attached hydrogen (secondary N) is 1. The second-order valence-electron chi connectivity index (χ2n) is 2.36. The molecule has 3 nitrogen and oxygen atoms in total. The van der Waals surface area contributed by atoms with Crippen LogP contribution in [0.5, 0.6) is 0 Å². The summed E-state index contributed by atoms with van der Waals surface area (Å²) >= 11 is 5.77. The summed E-state index contributed by atoms with van der Waals surface area (Å²) in [5.41, 5.74) is 0. The van der Waals surface area contributed by atoms with Crippen molar-refractivity contribution in [2.45, 2.75) is 6.54 Å². The fraction of sp³-hybridized carbons (Fsp3) is 0.375. The molecule has 0 aliphatic rings. The van der Waals surface area contributed by atoms with E-state index in [2.05, 4.69) is 16.2 Å². The highest BCUT2D eigenvalue weighted by Crippen LogP contribution is 2.08. The summed E-state index contributed by atoms with van der Waals surface area (Å²) in [7, 11) is 1.86. The van der Waals surface area contributed by atoms with E-state index in [1.54, 1.807) is 6.20 Å². The number of rotatable bonds is 3. The van der Waals surface area contributed by atoms with Gasteiger partial charge in [-0.05, 0) is 0 Å². The zero-order chi connectivity index (χ0) is 8.97. The van der Waals surface area contributed by atoms with E-state index in [1.807, 2.05) is 11.6 Å². The van der Waals surface area contributed by atoms with Crippen molar-refractivity contribution in [1.82, 2.24) is 14.9 Å². The molecule has 0 saturated carbocycles. The van der Waals surface area contributed by atoms with Crippen molar-refractivity contribution in [3.63, 3.8) is 0 Å². The van der Waals surface area contributed by atoms with E-state index in [0.717, 1.165) is 5.82 Å². The van der Waals surface area contributed by atoms with Crippen molar-refractivity contribution in [2.24, 2.45) is 7.05 Å². The lowest BCUT2D eigenvalue weighted by molar-refractivity contribution is 0.686. The van der Waals surface area contributed by atoms with E-state index >= 15 is 0 Å². The molecule has 12 heavy (non-hydrogen) atoms. The van der Waals surface area contributed by atoms with E-state index in [0.29, 0.717) is 18.2 Å². The number of imidazole rings is 1. The van der Waals surface area contributed by atoms with Crippen LogP contribution in [0.1, 0.15) is 5.82 Å². The largest absolute Gasteiger partial charge is 0.321 e. The Labute approximate surface area is 76.7 Å². The van der Waals surface area contributed by atoms with E-state index in [1.165, 1.54) is 0 Å². The Bertz CT molecular complexity index is 298. The summed E-state index contributed by atoms with van der Waals surface area (Å²) in [6, 6.07) is 0. The van der Waals surface area contributed by atoms with Crippen LogP contribution in [0, 0.1) is 12.3 Å².